The molecular weight excluding hydrogens is 552 g/mol. The highest BCUT2D eigenvalue weighted by molar-refractivity contribution is 7.80. The van der Waals surface area contributed by atoms with E-state index in [1.807, 2.05) is 13.8 Å². The molecule has 14 heteroatoms. The van der Waals surface area contributed by atoms with Crippen molar-refractivity contribution in [2.75, 3.05) is 12.3 Å². The Labute approximate surface area is 246 Å². The van der Waals surface area contributed by atoms with Crippen LogP contribution in [0.4, 0.5) is 0 Å². The lowest BCUT2D eigenvalue weighted by molar-refractivity contribution is -0.142. The summed E-state index contributed by atoms with van der Waals surface area (Å²) in [5.74, 6) is -4.08. The molecule has 1 aromatic carbocycles. The van der Waals surface area contributed by atoms with Gasteiger partial charge in [-0.2, -0.15) is 12.6 Å². The van der Waals surface area contributed by atoms with Gasteiger partial charge >= 0.3 is 5.97 Å². The second kappa shape index (κ2) is 18.1. The van der Waals surface area contributed by atoms with Gasteiger partial charge in [0.15, 0.2) is 0 Å². The van der Waals surface area contributed by atoms with Crippen LogP contribution in [0, 0.1) is 5.92 Å². The minimum atomic E-state index is -1.23. The highest BCUT2D eigenvalue weighted by Crippen LogP contribution is 2.12. The summed E-state index contributed by atoms with van der Waals surface area (Å²) < 4.78 is 0. The molecule has 0 saturated heterocycles. The molecule has 0 saturated carbocycles. The number of thiol groups is 1. The van der Waals surface area contributed by atoms with Crippen molar-refractivity contribution in [3.63, 3.8) is 0 Å². The van der Waals surface area contributed by atoms with E-state index in [-0.39, 0.29) is 30.3 Å². The molecule has 0 heterocycles. The Morgan fingerprint density at radius 3 is 1.95 bits per heavy atom. The van der Waals surface area contributed by atoms with E-state index in [1.54, 1.807) is 12.1 Å². The summed E-state index contributed by atoms with van der Waals surface area (Å²) in [6.45, 7) is 5.54. The van der Waals surface area contributed by atoms with Gasteiger partial charge < -0.3 is 42.9 Å². The van der Waals surface area contributed by atoms with Gasteiger partial charge in [-0.1, -0.05) is 32.4 Å². The number of phenols is 1. The zero-order valence-electron chi connectivity index (χ0n) is 23.8. The van der Waals surface area contributed by atoms with Gasteiger partial charge in [0, 0.05) is 12.2 Å². The number of aromatic hydroxyl groups is 1. The lowest BCUT2D eigenvalue weighted by Crippen LogP contribution is -2.59. The van der Waals surface area contributed by atoms with E-state index < -0.39 is 59.8 Å². The number of hydrogen-bond donors (Lipinski definition) is 9. The molecule has 0 fully saturated rings. The van der Waals surface area contributed by atoms with Gasteiger partial charge in [-0.05, 0) is 56.3 Å². The molecule has 0 spiro atoms. The van der Waals surface area contributed by atoms with Gasteiger partial charge in [-0.15, -0.1) is 0 Å². The average molecular weight is 597 g/mol. The molecule has 6 unspecified atom stereocenters. The third kappa shape index (κ3) is 12.4. The molecule has 0 bridgehead atoms. The van der Waals surface area contributed by atoms with Gasteiger partial charge in [-0.3, -0.25) is 19.2 Å². The normalized spacial score (nSPS) is 15.4. The largest absolute Gasteiger partial charge is 0.508 e. The molecule has 0 radical (unpaired) electrons. The summed E-state index contributed by atoms with van der Waals surface area (Å²) in [6.07, 6.45) is 1.86. The molecule has 4 amide bonds. The van der Waals surface area contributed by atoms with Gasteiger partial charge in [0.25, 0.3) is 0 Å². The Bertz CT molecular complexity index is 1030. The maximum absolute atomic E-state index is 13.2. The predicted molar refractivity (Wildman–Crippen MR) is 157 cm³/mol. The number of carbonyl (C=O) groups is 5. The second-order valence-electron chi connectivity index (χ2n) is 10.0. The average Bonchev–Trinajstić information content (AvgIpc) is 2.94. The zero-order valence-corrected chi connectivity index (χ0v) is 24.7. The number of phenolic OH excluding ortho intramolecular Hbond substituents is 1. The van der Waals surface area contributed by atoms with E-state index in [2.05, 4.69) is 33.9 Å². The molecule has 41 heavy (non-hydrogen) atoms. The molecule has 1 rings (SSSR count). The summed E-state index contributed by atoms with van der Waals surface area (Å²) >= 11 is 4.16. The first-order valence-electron chi connectivity index (χ1n) is 13.6. The first-order chi connectivity index (χ1) is 19.3. The topological polar surface area (TPSA) is 226 Å². The quantitative estimate of drug-likeness (QED) is 0.0778. The molecule has 6 atom stereocenters. The Hall–Kier alpha value is -3.36. The summed E-state index contributed by atoms with van der Waals surface area (Å²) in [6, 6.07) is 0.555. The number of nitrogens with one attached hydrogen (secondary N) is 4. The highest BCUT2D eigenvalue weighted by atomic mass is 32.1. The predicted octanol–water partition coefficient (Wildman–Crippen LogP) is -0.589. The van der Waals surface area contributed by atoms with E-state index in [1.165, 1.54) is 19.1 Å². The molecule has 0 aromatic heterocycles. The van der Waals surface area contributed by atoms with Crippen LogP contribution in [0.5, 0.6) is 5.75 Å². The van der Waals surface area contributed by atoms with Gasteiger partial charge in [0.1, 0.15) is 29.9 Å². The lowest BCUT2D eigenvalue weighted by Gasteiger charge is -2.25. The number of rotatable bonds is 18. The van der Waals surface area contributed by atoms with Crippen LogP contribution in [0.15, 0.2) is 24.3 Å². The number of carboxylic acid groups (broad SMARTS) is 1. The van der Waals surface area contributed by atoms with Crippen molar-refractivity contribution in [2.45, 2.75) is 83.1 Å². The number of unbranched alkanes of at least 4 members (excludes halogenated alkanes) is 1. The van der Waals surface area contributed by atoms with E-state index in [0.717, 1.165) is 0 Å². The second-order valence-corrected chi connectivity index (χ2v) is 10.4. The van der Waals surface area contributed by atoms with Crippen LogP contribution in [-0.2, 0) is 30.4 Å². The fourth-order valence-corrected chi connectivity index (χ4v) is 4.01. The van der Waals surface area contributed by atoms with Gasteiger partial charge in [0.05, 0.1) is 6.04 Å². The van der Waals surface area contributed by atoms with Gasteiger partial charge in [0.2, 0.25) is 23.6 Å². The van der Waals surface area contributed by atoms with Crippen LogP contribution < -0.4 is 32.7 Å². The number of carbonyl (C=O) groups excluding carboxylic acids is 4. The summed E-state index contributed by atoms with van der Waals surface area (Å²) in [5.41, 5.74) is 12.0. The molecule has 1 aromatic rings. The molecule has 0 aliphatic carbocycles. The van der Waals surface area contributed by atoms with Crippen LogP contribution in [0.25, 0.3) is 0 Å². The van der Waals surface area contributed by atoms with Crippen LogP contribution in [0.2, 0.25) is 0 Å². The van der Waals surface area contributed by atoms with Crippen molar-refractivity contribution >= 4 is 42.2 Å². The Kier molecular flexibility index (Phi) is 15.8. The van der Waals surface area contributed by atoms with Crippen molar-refractivity contribution < 1.29 is 34.2 Å². The minimum Gasteiger partial charge on any atom is -0.508 e. The first-order valence-corrected chi connectivity index (χ1v) is 14.3. The number of carboxylic acids is 1. The third-order valence-electron chi connectivity index (χ3n) is 6.70. The molecule has 0 aliphatic heterocycles. The highest BCUT2D eigenvalue weighted by Gasteiger charge is 2.31. The van der Waals surface area contributed by atoms with Crippen LogP contribution in [0.3, 0.4) is 0 Å². The molecule has 230 valence electrons. The molecule has 10 N–H and O–H groups in total. The number of amides is 4. The van der Waals surface area contributed by atoms with E-state index in [0.29, 0.717) is 31.4 Å². The number of nitrogens with two attached hydrogens (primary N) is 2. The fraction of sp³-hybridized carbons (Fsp3) is 0.593. The maximum Gasteiger partial charge on any atom is 0.326 e. The monoisotopic (exact) mass is 596 g/mol. The Morgan fingerprint density at radius 2 is 1.41 bits per heavy atom. The summed E-state index contributed by atoms with van der Waals surface area (Å²) in [5, 5.41) is 29.2. The van der Waals surface area contributed by atoms with Gasteiger partial charge in [-0.25, -0.2) is 4.79 Å². The van der Waals surface area contributed by atoms with Crippen molar-refractivity contribution in [3.8, 4) is 5.75 Å². The van der Waals surface area contributed by atoms with E-state index in [9.17, 15) is 34.2 Å². The number of benzene rings is 1. The first kappa shape index (κ1) is 35.7. The SMILES string of the molecule is CCC(C)C(N)C(=O)NC(C)C(=O)NC(CS)C(=O)NC(Cc1ccc(O)cc1)C(=O)NC(CCCCN)C(=O)O. The van der Waals surface area contributed by atoms with E-state index >= 15 is 0 Å². The number of hydrogen-bond acceptors (Lipinski definition) is 9. The summed E-state index contributed by atoms with van der Waals surface area (Å²) in [7, 11) is 0. The van der Waals surface area contributed by atoms with Crippen molar-refractivity contribution in [3.05, 3.63) is 29.8 Å². The van der Waals surface area contributed by atoms with E-state index in [4.69, 9.17) is 11.5 Å². The number of aliphatic carboxylic acids is 1. The zero-order chi connectivity index (χ0) is 31.1. The Morgan fingerprint density at radius 1 is 0.854 bits per heavy atom. The van der Waals surface area contributed by atoms with Crippen molar-refractivity contribution in [1.29, 1.82) is 0 Å². The molecule has 13 nitrogen and oxygen atoms in total. The van der Waals surface area contributed by atoms with Crippen molar-refractivity contribution in [2.24, 2.45) is 17.4 Å². The maximum atomic E-state index is 13.2. The minimum absolute atomic E-state index is 0.00815. The lowest BCUT2D eigenvalue weighted by atomic mass is 9.99. The standard InChI is InChI=1S/C27H44N6O7S/c1-4-15(2)22(29)26(38)30-16(3)23(35)33-21(14-41)25(37)32-20(13-17-8-10-18(34)11-9-17)24(36)31-19(27(39)40)7-5-6-12-28/h8-11,15-16,19-22,34,41H,4-7,12-14,28-29H2,1-3H3,(H,30,38)(H,31,36)(H,32,37)(H,33,35)(H,39,40). The summed E-state index contributed by atoms with van der Waals surface area (Å²) in [4.78, 5) is 63.2. The van der Waals surface area contributed by atoms with Crippen LogP contribution >= 0.6 is 12.6 Å². The molecule has 0 aliphatic rings. The van der Waals surface area contributed by atoms with Crippen LogP contribution in [0.1, 0.15) is 52.0 Å². The van der Waals surface area contributed by atoms with Crippen molar-refractivity contribution in [1.82, 2.24) is 21.3 Å². The smallest absolute Gasteiger partial charge is 0.326 e. The Balaban J connectivity index is 3.01. The van der Waals surface area contributed by atoms with Crippen LogP contribution in [-0.4, -0.2) is 82.3 Å². The third-order valence-corrected chi connectivity index (χ3v) is 7.06. The molecular formula is C27H44N6O7S. The fourth-order valence-electron chi connectivity index (χ4n) is 3.75.